The van der Waals surface area contributed by atoms with E-state index in [1.807, 2.05) is 65.6 Å². The molecule has 3 N–H and O–H groups in total. The molecule has 1 aliphatic heterocycles. The number of amides is 1. The third kappa shape index (κ3) is 8.67. The normalized spacial score (nSPS) is 13.9. The van der Waals surface area contributed by atoms with Crippen LogP contribution >= 0.6 is 48.0 Å². The second-order valence-electron chi connectivity index (χ2n) is 8.55. The van der Waals surface area contributed by atoms with Crippen LogP contribution in [0.1, 0.15) is 11.1 Å². The Morgan fingerprint density at radius 3 is 2.24 bits per heavy atom. The van der Waals surface area contributed by atoms with Crippen LogP contribution in [0, 0.1) is 0 Å². The van der Waals surface area contributed by atoms with Crippen LogP contribution in [-0.4, -0.2) is 49.6 Å². The lowest BCUT2D eigenvalue weighted by atomic mass is 10.1. The van der Waals surface area contributed by atoms with Crippen molar-refractivity contribution in [3.8, 4) is 0 Å². The summed E-state index contributed by atoms with van der Waals surface area (Å²) in [5, 5.41) is 4.38. The third-order valence-electron chi connectivity index (χ3n) is 6.10. The second kappa shape index (κ2) is 15.3. The first-order valence-electron chi connectivity index (χ1n) is 11.7. The lowest BCUT2D eigenvalue weighted by Gasteiger charge is -2.38. The van der Waals surface area contributed by atoms with E-state index >= 15 is 0 Å². The average molecular weight is 586 g/mol. The van der Waals surface area contributed by atoms with E-state index in [0.717, 1.165) is 35.6 Å². The molecular formula is C27H32Cl4N4O2. The lowest BCUT2D eigenvalue weighted by Crippen LogP contribution is -2.55. The summed E-state index contributed by atoms with van der Waals surface area (Å²) in [5.74, 6) is 0.0377. The second-order valence-corrected chi connectivity index (χ2v) is 9.37. The molecule has 37 heavy (non-hydrogen) atoms. The van der Waals surface area contributed by atoms with E-state index in [4.69, 9.17) is 33.7 Å². The summed E-state index contributed by atoms with van der Waals surface area (Å²) in [6, 6.07) is 22.8. The number of nitrogens with two attached hydrogens (primary N) is 1. The van der Waals surface area contributed by atoms with Gasteiger partial charge in [0.15, 0.2) is 0 Å². The molecule has 10 heteroatoms. The molecular weight excluding hydrogens is 554 g/mol. The number of piperazine rings is 1. The molecule has 1 saturated heterocycles. The minimum absolute atomic E-state index is 0. The van der Waals surface area contributed by atoms with Gasteiger partial charge < -0.3 is 20.3 Å². The van der Waals surface area contributed by atoms with Crippen LogP contribution in [0.2, 0.25) is 10.0 Å². The molecule has 0 spiro atoms. The quantitative estimate of drug-likeness (QED) is 0.327. The number of ether oxygens (including phenoxy) is 1. The highest BCUT2D eigenvalue weighted by molar-refractivity contribution is 6.42. The average Bonchev–Trinajstić information content (AvgIpc) is 2.89. The first-order chi connectivity index (χ1) is 17.0. The minimum atomic E-state index is -0.466. The standard InChI is InChI=1S/C27H30Cl2N4O2.2ClH/c28-22-11-10-21(16-23(22)29)18-35-19-25(31-17-20-6-2-1-3-7-20)27(34)33-14-12-32(13-15-33)26-9-5-4-8-24(26)30;;/h1-11,16,25,31H,12-15,17-19,30H2;2*1H. The number of hydrogen-bond acceptors (Lipinski definition) is 5. The van der Waals surface area contributed by atoms with Crippen molar-refractivity contribution in [1.29, 1.82) is 0 Å². The van der Waals surface area contributed by atoms with Crippen molar-refractivity contribution in [2.24, 2.45) is 0 Å². The van der Waals surface area contributed by atoms with Crippen LogP contribution in [-0.2, 0) is 22.7 Å². The molecule has 1 unspecified atom stereocenters. The number of rotatable bonds is 9. The van der Waals surface area contributed by atoms with Gasteiger partial charge in [0.05, 0.1) is 34.6 Å². The van der Waals surface area contributed by atoms with Gasteiger partial charge in [-0.2, -0.15) is 0 Å². The van der Waals surface area contributed by atoms with Gasteiger partial charge in [0.2, 0.25) is 5.91 Å². The molecule has 0 aliphatic carbocycles. The van der Waals surface area contributed by atoms with Crippen LogP contribution in [0.15, 0.2) is 72.8 Å². The summed E-state index contributed by atoms with van der Waals surface area (Å²) in [6.07, 6.45) is 0. The smallest absolute Gasteiger partial charge is 0.242 e. The summed E-state index contributed by atoms with van der Waals surface area (Å²) in [5.41, 5.74) is 9.93. The maximum absolute atomic E-state index is 13.5. The van der Waals surface area contributed by atoms with Crippen molar-refractivity contribution < 1.29 is 9.53 Å². The number of carbonyl (C=O) groups is 1. The zero-order chi connectivity index (χ0) is 24.6. The van der Waals surface area contributed by atoms with Gasteiger partial charge in [0.25, 0.3) is 0 Å². The molecule has 3 aromatic rings. The molecule has 200 valence electrons. The predicted molar refractivity (Wildman–Crippen MR) is 157 cm³/mol. The molecule has 0 saturated carbocycles. The van der Waals surface area contributed by atoms with E-state index < -0.39 is 6.04 Å². The highest BCUT2D eigenvalue weighted by Gasteiger charge is 2.28. The predicted octanol–water partition coefficient (Wildman–Crippen LogP) is 5.44. The minimum Gasteiger partial charge on any atom is -0.397 e. The van der Waals surface area contributed by atoms with Crippen LogP contribution in [0.3, 0.4) is 0 Å². The fourth-order valence-corrected chi connectivity index (χ4v) is 4.46. The summed E-state index contributed by atoms with van der Waals surface area (Å²) < 4.78 is 5.94. The Balaban J connectivity index is 0.00000241. The molecule has 3 aromatic carbocycles. The summed E-state index contributed by atoms with van der Waals surface area (Å²) in [4.78, 5) is 17.6. The Hall–Kier alpha value is -2.19. The van der Waals surface area contributed by atoms with E-state index in [2.05, 4.69) is 10.2 Å². The Bertz CT molecular complexity index is 1130. The van der Waals surface area contributed by atoms with Gasteiger partial charge in [-0.3, -0.25) is 10.1 Å². The molecule has 6 nitrogen and oxygen atoms in total. The number of nitrogen functional groups attached to an aromatic ring is 1. The maximum atomic E-state index is 13.5. The van der Waals surface area contributed by atoms with Crippen molar-refractivity contribution >= 4 is 65.3 Å². The van der Waals surface area contributed by atoms with E-state index in [1.165, 1.54) is 0 Å². The van der Waals surface area contributed by atoms with Crippen LogP contribution in [0.4, 0.5) is 11.4 Å². The molecule has 1 heterocycles. The highest BCUT2D eigenvalue weighted by Crippen LogP contribution is 2.24. The number of para-hydroxylation sites is 2. The monoisotopic (exact) mass is 584 g/mol. The first kappa shape index (κ1) is 31.0. The lowest BCUT2D eigenvalue weighted by molar-refractivity contribution is -0.135. The van der Waals surface area contributed by atoms with Crippen molar-refractivity contribution in [2.45, 2.75) is 19.2 Å². The Kier molecular flexibility index (Phi) is 12.8. The molecule has 1 aliphatic rings. The zero-order valence-electron chi connectivity index (χ0n) is 20.3. The number of hydrogen-bond donors (Lipinski definition) is 2. The summed E-state index contributed by atoms with van der Waals surface area (Å²) in [6.45, 7) is 3.89. The van der Waals surface area contributed by atoms with Crippen molar-refractivity contribution in [3.63, 3.8) is 0 Å². The Morgan fingerprint density at radius 2 is 1.57 bits per heavy atom. The molecule has 0 aromatic heterocycles. The van der Waals surface area contributed by atoms with Crippen LogP contribution in [0.25, 0.3) is 0 Å². The van der Waals surface area contributed by atoms with E-state index in [-0.39, 0.29) is 37.3 Å². The van der Waals surface area contributed by atoms with Gasteiger partial charge in [-0.05, 0) is 35.4 Å². The fourth-order valence-electron chi connectivity index (χ4n) is 4.14. The zero-order valence-corrected chi connectivity index (χ0v) is 23.5. The van der Waals surface area contributed by atoms with Crippen LogP contribution in [0.5, 0.6) is 0 Å². The van der Waals surface area contributed by atoms with E-state index in [1.54, 1.807) is 12.1 Å². The number of nitrogens with zero attached hydrogens (tertiary/aromatic N) is 2. The van der Waals surface area contributed by atoms with E-state index in [0.29, 0.717) is 36.3 Å². The summed E-state index contributed by atoms with van der Waals surface area (Å²) in [7, 11) is 0. The molecule has 0 radical (unpaired) electrons. The summed E-state index contributed by atoms with van der Waals surface area (Å²) >= 11 is 12.1. The Morgan fingerprint density at radius 1 is 0.892 bits per heavy atom. The number of carbonyl (C=O) groups excluding carboxylic acids is 1. The molecule has 1 amide bonds. The first-order valence-corrected chi connectivity index (χ1v) is 12.4. The van der Waals surface area contributed by atoms with Crippen molar-refractivity contribution in [3.05, 3.63) is 94.0 Å². The maximum Gasteiger partial charge on any atom is 0.242 e. The van der Waals surface area contributed by atoms with Gasteiger partial charge >= 0.3 is 0 Å². The largest absolute Gasteiger partial charge is 0.397 e. The number of anilines is 2. The van der Waals surface area contributed by atoms with Crippen molar-refractivity contribution in [2.75, 3.05) is 43.4 Å². The van der Waals surface area contributed by atoms with Gasteiger partial charge in [-0.1, -0.05) is 71.7 Å². The van der Waals surface area contributed by atoms with Gasteiger partial charge in [-0.15, -0.1) is 24.8 Å². The van der Waals surface area contributed by atoms with Crippen LogP contribution < -0.4 is 16.0 Å². The number of halogens is 4. The SMILES string of the molecule is Cl.Cl.Nc1ccccc1N1CCN(C(=O)C(COCc2ccc(Cl)c(Cl)c2)NCc2ccccc2)CC1. The Labute approximate surface area is 240 Å². The van der Waals surface area contributed by atoms with Gasteiger partial charge in [0.1, 0.15) is 6.04 Å². The molecule has 1 fully saturated rings. The molecule has 0 bridgehead atoms. The fraction of sp³-hybridized carbons (Fsp3) is 0.296. The van der Waals surface area contributed by atoms with E-state index in [9.17, 15) is 4.79 Å². The number of nitrogens with one attached hydrogen (secondary N) is 1. The van der Waals surface area contributed by atoms with Gasteiger partial charge in [-0.25, -0.2) is 0 Å². The van der Waals surface area contributed by atoms with Crippen molar-refractivity contribution in [1.82, 2.24) is 10.2 Å². The van der Waals surface area contributed by atoms with Gasteiger partial charge in [0, 0.05) is 32.7 Å². The third-order valence-corrected chi connectivity index (χ3v) is 6.84. The highest BCUT2D eigenvalue weighted by atomic mass is 35.5. The molecule has 4 rings (SSSR count). The topological polar surface area (TPSA) is 70.8 Å². The number of benzene rings is 3. The molecule has 1 atom stereocenters.